The second-order valence-electron chi connectivity index (χ2n) is 5.60. The Morgan fingerprint density at radius 2 is 2.20 bits per heavy atom. The molecule has 1 aromatic heterocycles. The van der Waals surface area contributed by atoms with Gasteiger partial charge in [-0.25, -0.2) is 4.98 Å². The van der Waals surface area contributed by atoms with Crippen LogP contribution in [0.2, 0.25) is 0 Å². The topological polar surface area (TPSA) is 42.4 Å². The van der Waals surface area contributed by atoms with Gasteiger partial charge in [0.05, 0.1) is 0 Å². The fraction of sp³-hybridized carbons (Fsp3) is 0.733. The second-order valence-corrected chi connectivity index (χ2v) is 6.49. The van der Waals surface area contributed by atoms with Gasteiger partial charge in [0.2, 0.25) is 0 Å². The van der Waals surface area contributed by atoms with Crippen molar-refractivity contribution in [3.8, 4) is 0 Å². The number of rotatable bonds is 4. The van der Waals surface area contributed by atoms with Crippen LogP contribution in [0.15, 0.2) is 5.38 Å². The Balaban J connectivity index is 1.72. The monoisotopic (exact) mass is 294 g/mol. The summed E-state index contributed by atoms with van der Waals surface area (Å²) in [7, 11) is 0. The van der Waals surface area contributed by atoms with Gasteiger partial charge in [0, 0.05) is 24.6 Å². The van der Waals surface area contributed by atoms with Crippen molar-refractivity contribution in [1.29, 1.82) is 0 Å². The molecule has 2 fully saturated rings. The largest absolute Gasteiger partial charge is 0.371 e. The summed E-state index contributed by atoms with van der Waals surface area (Å²) >= 11 is 1.56. The zero-order valence-electron chi connectivity index (χ0n) is 12.0. The Bertz CT molecular complexity index is 462. The molecule has 1 atom stereocenters. The number of hydrogen-bond acceptors (Lipinski definition) is 4. The van der Waals surface area contributed by atoms with Crippen LogP contribution in [-0.4, -0.2) is 35.0 Å². The minimum absolute atomic E-state index is 0.0971. The van der Waals surface area contributed by atoms with Crippen LogP contribution in [0.1, 0.15) is 67.0 Å². The molecule has 2 heterocycles. The van der Waals surface area contributed by atoms with Gasteiger partial charge in [-0.3, -0.25) is 4.79 Å². The van der Waals surface area contributed by atoms with Crippen molar-refractivity contribution in [2.24, 2.45) is 0 Å². The predicted octanol–water partition coefficient (Wildman–Crippen LogP) is 3.40. The van der Waals surface area contributed by atoms with E-state index in [1.54, 1.807) is 11.3 Å². The van der Waals surface area contributed by atoms with E-state index in [1.165, 1.54) is 12.8 Å². The van der Waals surface area contributed by atoms with Gasteiger partial charge in [0.15, 0.2) is 0 Å². The highest BCUT2D eigenvalue weighted by molar-refractivity contribution is 7.09. The van der Waals surface area contributed by atoms with Crippen molar-refractivity contribution in [3.05, 3.63) is 16.1 Å². The molecule has 0 aromatic carbocycles. The van der Waals surface area contributed by atoms with Crippen LogP contribution in [-0.2, 0) is 4.74 Å². The van der Waals surface area contributed by atoms with E-state index in [2.05, 4.69) is 11.9 Å². The van der Waals surface area contributed by atoms with Crippen molar-refractivity contribution in [1.82, 2.24) is 9.88 Å². The zero-order chi connectivity index (χ0) is 13.9. The van der Waals surface area contributed by atoms with Gasteiger partial charge in [0.1, 0.15) is 16.8 Å². The van der Waals surface area contributed by atoms with Crippen molar-refractivity contribution in [2.45, 2.75) is 57.6 Å². The SMILES string of the molecule is CCN(C(=O)c1csc(C2CCCO2)n1)C1CCCC1. The molecule has 1 aliphatic heterocycles. The molecule has 2 aliphatic rings. The molecule has 1 aromatic rings. The summed E-state index contributed by atoms with van der Waals surface area (Å²) in [5, 5.41) is 2.87. The molecular formula is C15H22N2O2S. The van der Waals surface area contributed by atoms with Crippen molar-refractivity contribution in [3.63, 3.8) is 0 Å². The fourth-order valence-electron chi connectivity index (χ4n) is 3.24. The molecule has 4 nitrogen and oxygen atoms in total. The van der Waals surface area contributed by atoms with Crippen LogP contribution in [0.3, 0.4) is 0 Å². The third-order valence-corrected chi connectivity index (χ3v) is 5.25. The van der Waals surface area contributed by atoms with Gasteiger partial charge in [-0.1, -0.05) is 12.8 Å². The summed E-state index contributed by atoms with van der Waals surface area (Å²) in [4.78, 5) is 19.2. The number of nitrogens with zero attached hydrogens (tertiary/aromatic N) is 2. The van der Waals surface area contributed by atoms with E-state index < -0.39 is 0 Å². The number of ether oxygens (including phenoxy) is 1. The maximum absolute atomic E-state index is 12.6. The van der Waals surface area contributed by atoms with Gasteiger partial charge in [-0.05, 0) is 32.6 Å². The Labute approximate surface area is 124 Å². The van der Waals surface area contributed by atoms with E-state index >= 15 is 0 Å². The Morgan fingerprint density at radius 1 is 1.40 bits per heavy atom. The standard InChI is InChI=1S/C15H22N2O2S/c1-2-17(11-6-3-4-7-11)15(18)12-10-20-14(16-12)13-8-5-9-19-13/h10-11,13H,2-9H2,1H3. The molecule has 1 saturated heterocycles. The zero-order valence-corrected chi connectivity index (χ0v) is 12.8. The summed E-state index contributed by atoms with van der Waals surface area (Å²) in [6.45, 7) is 3.65. The first-order valence-corrected chi connectivity index (χ1v) is 8.55. The molecule has 0 bridgehead atoms. The van der Waals surface area contributed by atoms with Crippen LogP contribution in [0.4, 0.5) is 0 Å². The molecule has 5 heteroatoms. The normalized spacial score (nSPS) is 23.4. The maximum atomic E-state index is 12.6. The number of hydrogen-bond donors (Lipinski definition) is 0. The third kappa shape index (κ3) is 2.74. The molecule has 1 aliphatic carbocycles. The van der Waals surface area contributed by atoms with Gasteiger partial charge < -0.3 is 9.64 Å². The van der Waals surface area contributed by atoms with Crippen LogP contribution in [0.25, 0.3) is 0 Å². The number of aromatic nitrogens is 1. The summed E-state index contributed by atoms with van der Waals surface area (Å²) < 4.78 is 5.64. The lowest BCUT2D eigenvalue weighted by Gasteiger charge is -2.26. The lowest BCUT2D eigenvalue weighted by Crippen LogP contribution is -2.38. The number of thiazole rings is 1. The molecule has 110 valence electrons. The Kier molecular flexibility index (Phi) is 4.36. The van der Waals surface area contributed by atoms with Crippen molar-refractivity contribution < 1.29 is 9.53 Å². The van der Waals surface area contributed by atoms with Gasteiger partial charge in [0.25, 0.3) is 5.91 Å². The molecule has 0 spiro atoms. The summed E-state index contributed by atoms with van der Waals surface area (Å²) in [6.07, 6.45) is 7.00. The molecule has 1 amide bonds. The van der Waals surface area contributed by atoms with Gasteiger partial charge in [-0.15, -0.1) is 11.3 Å². The molecule has 3 rings (SSSR count). The van der Waals surface area contributed by atoms with Gasteiger partial charge >= 0.3 is 0 Å². The Morgan fingerprint density at radius 3 is 2.85 bits per heavy atom. The van der Waals surface area contributed by atoms with Crippen LogP contribution < -0.4 is 0 Å². The van der Waals surface area contributed by atoms with E-state index in [0.717, 1.165) is 43.8 Å². The lowest BCUT2D eigenvalue weighted by atomic mass is 10.2. The minimum Gasteiger partial charge on any atom is -0.371 e. The summed E-state index contributed by atoms with van der Waals surface area (Å²) in [6, 6.07) is 0.417. The summed E-state index contributed by atoms with van der Waals surface area (Å²) in [5.41, 5.74) is 0.606. The second kappa shape index (κ2) is 6.22. The average Bonchev–Trinajstić information content (AvgIpc) is 3.20. The summed E-state index contributed by atoms with van der Waals surface area (Å²) in [5.74, 6) is 0.0971. The third-order valence-electron chi connectivity index (χ3n) is 4.31. The van der Waals surface area contributed by atoms with E-state index in [4.69, 9.17) is 4.74 Å². The molecule has 1 unspecified atom stereocenters. The smallest absolute Gasteiger partial charge is 0.273 e. The van der Waals surface area contributed by atoms with E-state index in [9.17, 15) is 4.79 Å². The Hall–Kier alpha value is -0.940. The van der Waals surface area contributed by atoms with E-state index in [1.807, 2.05) is 10.3 Å². The fourth-order valence-corrected chi connectivity index (χ4v) is 4.11. The van der Waals surface area contributed by atoms with Crippen LogP contribution >= 0.6 is 11.3 Å². The average molecular weight is 294 g/mol. The highest BCUT2D eigenvalue weighted by Crippen LogP contribution is 2.31. The number of amides is 1. The molecule has 20 heavy (non-hydrogen) atoms. The quantitative estimate of drug-likeness (QED) is 0.854. The highest BCUT2D eigenvalue weighted by atomic mass is 32.1. The predicted molar refractivity (Wildman–Crippen MR) is 79.0 cm³/mol. The number of carbonyl (C=O) groups excluding carboxylic acids is 1. The van der Waals surface area contributed by atoms with E-state index in [-0.39, 0.29) is 12.0 Å². The molecular weight excluding hydrogens is 272 g/mol. The number of carbonyl (C=O) groups is 1. The maximum Gasteiger partial charge on any atom is 0.273 e. The van der Waals surface area contributed by atoms with Crippen molar-refractivity contribution in [2.75, 3.05) is 13.2 Å². The molecule has 1 saturated carbocycles. The lowest BCUT2D eigenvalue weighted by molar-refractivity contribution is 0.0686. The molecule has 0 N–H and O–H groups in total. The first-order chi connectivity index (χ1) is 9.79. The highest BCUT2D eigenvalue weighted by Gasteiger charge is 2.28. The first kappa shape index (κ1) is 14.0. The van der Waals surface area contributed by atoms with E-state index in [0.29, 0.717) is 11.7 Å². The minimum atomic E-state index is 0.0971. The molecule has 0 radical (unpaired) electrons. The van der Waals surface area contributed by atoms with Gasteiger partial charge in [-0.2, -0.15) is 0 Å². The van der Waals surface area contributed by atoms with Crippen LogP contribution in [0, 0.1) is 0 Å². The van der Waals surface area contributed by atoms with Crippen molar-refractivity contribution >= 4 is 17.2 Å². The first-order valence-electron chi connectivity index (χ1n) is 7.67. The van der Waals surface area contributed by atoms with Crippen LogP contribution in [0.5, 0.6) is 0 Å².